The number of amides is 3. The fourth-order valence-electron chi connectivity index (χ4n) is 1.85. The lowest BCUT2D eigenvalue weighted by Gasteiger charge is -2.06. The number of nitrogens with two attached hydrogens (primary N) is 1. The van der Waals surface area contributed by atoms with Crippen molar-refractivity contribution in [1.82, 2.24) is 5.32 Å². The van der Waals surface area contributed by atoms with Gasteiger partial charge >= 0.3 is 6.03 Å². The molecular formula is C13H15N3O4S. The number of nitrogens with one attached hydrogen (secondary N) is 2. The van der Waals surface area contributed by atoms with Crippen LogP contribution in [0.5, 0.6) is 5.75 Å². The van der Waals surface area contributed by atoms with E-state index in [1.165, 1.54) is 12.1 Å². The average molecular weight is 309 g/mol. The molecular weight excluding hydrogens is 294 g/mol. The Kier molecular flexibility index (Phi) is 4.61. The quantitative estimate of drug-likeness (QED) is 0.532. The number of benzene rings is 1. The summed E-state index contributed by atoms with van der Waals surface area (Å²) in [6, 6.07) is 4.05. The Morgan fingerprint density at radius 2 is 2.10 bits per heavy atom. The Balaban J connectivity index is 2.28. The molecule has 0 radical (unpaired) electrons. The minimum Gasteiger partial charge on any atom is -0.508 e. The van der Waals surface area contributed by atoms with E-state index in [9.17, 15) is 14.7 Å². The van der Waals surface area contributed by atoms with Gasteiger partial charge in [0.1, 0.15) is 10.8 Å². The summed E-state index contributed by atoms with van der Waals surface area (Å²) in [6.07, 6.45) is 0.441. The largest absolute Gasteiger partial charge is 0.508 e. The molecule has 3 amide bonds. The first kappa shape index (κ1) is 15.1. The molecule has 0 fully saturated rings. The molecule has 8 heteroatoms. The van der Waals surface area contributed by atoms with Crippen molar-refractivity contribution in [2.45, 2.75) is 6.42 Å². The maximum absolute atomic E-state index is 11.7. The van der Waals surface area contributed by atoms with Crippen LogP contribution in [0.25, 0.3) is 10.1 Å². The molecule has 0 aliphatic carbocycles. The van der Waals surface area contributed by atoms with Crippen LogP contribution in [-0.2, 0) is 0 Å². The Bertz CT molecular complexity index is 683. The molecule has 6 N–H and O–H groups in total. The normalized spacial score (nSPS) is 10.5. The molecule has 0 aliphatic heterocycles. The smallest absolute Gasteiger partial charge is 0.319 e. The zero-order chi connectivity index (χ0) is 15.4. The number of carbonyl (C=O) groups is 2. The number of aliphatic hydroxyl groups excluding tert-OH is 1. The summed E-state index contributed by atoms with van der Waals surface area (Å²) in [6.45, 7) is 0.300. The molecule has 0 saturated carbocycles. The third-order valence-electron chi connectivity index (χ3n) is 2.77. The second-order valence-corrected chi connectivity index (χ2v) is 5.36. The van der Waals surface area contributed by atoms with Gasteiger partial charge in [0.15, 0.2) is 0 Å². The van der Waals surface area contributed by atoms with Gasteiger partial charge in [0.05, 0.1) is 5.56 Å². The summed E-state index contributed by atoms with van der Waals surface area (Å²) < 4.78 is 0.648. The van der Waals surface area contributed by atoms with Crippen molar-refractivity contribution in [3.05, 3.63) is 23.8 Å². The summed E-state index contributed by atoms with van der Waals surface area (Å²) in [5, 5.41) is 24.1. The maximum atomic E-state index is 11.7. The fraction of sp³-hybridized carbons (Fsp3) is 0.231. The molecule has 112 valence electrons. The number of primary amides is 1. The number of anilines is 1. The number of rotatable bonds is 5. The van der Waals surface area contributed by atoms with Crippen molar-refractivity contribution in [2.24, 2.45) is 5.73 Å². The number of hydrogen-bond acceptors (Lipinski definition) is 5. The number of thiophene rings is 1. The predicted octanol–water partition coefficient (Wildman–Crippen LogP) is 1.21. The van der Waals surface area contributed by atoms with Gasteiger partial charge in [-0.3, -0.25) is 10.1 Å². The summed E-state index contributed by atoms with van der Waals surface area (Å²) in [4.78, 5) is 23.3. The van der Waals surface area contributed by atoms with Crippen molar-refractivity contribution in [3.63, 3.8) is 0 Å². The van der Waals surface area contributed by atoms with E-state index in [2.05, 4.69) is 10.6 Å². The number of phenols is 1. The molecule has 0 atom stereocenters. The van der Waals surface area contributed by atoms with Crippen LogP contribution in [0.15, 0.2) is 18.2 Å². The molecule has 1 heterocycles. The summed E-state index contributed by atoms with van der Waals surface area (Å²) in [5.41, 5.74) is 5.58. The number of aliphatic hydroxyl groups is 1. The summed E-state index contributed by atoms with van der Waals surface area (Å²) in [7, 11) is 0. The van der Waals surface area contributed by atoms with Gasteiger partial charge in [-0.15, -0.1) is 11.3 Å². The van der Waals surface area contributed by atoms with Crippen LogP contribution in [0.2, 0.25) is 0 Å². The van der Waals surface area contributed by atoms with E-state index < -0.39 is 11.9 Å². The molecule has 1 aromatic heterocycles. The lowest BCUT2D eigenvalue weighted by Crippen LogP contribution is -2.30. The van der Waals surface area contributed by atoms with Crippen LogP contribution in [-0.4, -0.2) is 35.3 Å². The van der Waals surface area contributed by atoms with Crippen molar-refractivity contribution in [1.29, 1.82) is 0 Å². The summed E-state index contributed by atoms with van der Waals surface area (Å²) in [5.74, 6) is -0.587. The van der Waals surface area contributed by atoms with Gasteiger partial charge < -0.3 is 21.3 Å². The number of aromatic hydroxyl groups is 1. The number of urea groups is 1. The molecule has 21 heavy (non-hydrogen) atoms. The first-order valence-corrected chi connectivity index (χ1v) is 7.05. The van der Waals surface area contributed by atoms with Crippen LogP contribution >= 0.6 is 11.3 Å². The van der Waals surface area contributed by atoms with Gasteiger partial charge in [-0.05, 0) is 24.6 Å². The third kappa shape index (κ3) is 3.41. The minimum atomic E-state index is -0.655. The van der Waals surface area contributed by atoms with E-state index in [0.29, 0.717) is 28.1 Å². The average Bonchev–Trinajstić information content (AvgIpc) is 2.75. The van der Waals surface area contributed by atoms with Gasteiger partial charge in [-0.2, -0.15) is 0 Å². The second-order valence-electron chi connectivity index (χ2n) is 4.31. The van der Waals surface area contributed by atoms with E-state index >= 15 is 0 Å². The molecule has 0 spiro atoms. The Hall–Kier alpha value is -2.32. The number of fused-ring (bicyclic) bond motifs is 1. The molecule has 0 saturated heterocycles. The first-order valence-electron chi connectivity index (χ1n) is 6.24. The van der Waals surface area contributed by atoms with Gasteiger partial charge in [0.2, 0.25) is 0 Å². The monoisotopic (exact) mass is 309 g/mol. The highest BCUT2D eigenvalue weighted by Gasteiger charge is 2.18. The number of phenolic OH excluding ortho intramolecular Hbond substituents is 1. The van der Waals surface area contributed by atoms with Crippen molar-refractivity contribution >= 4 is 38.4 Å². The lowest BCUT2D eigenvalue weighted by atomic mass is 10.1. The third-order valence-corrected chi connectivity index (χ3v) is 3.84. The van der Waals surface area contributed by atoms with Crippen molar-refractivity contribution in [3.8, 4) is 5.75 Å². The van der Waals surface area contributed by atoms with Crippen LogP contribution in [0.3, 0.4) is 0 Å². The zero-order valence-corrected chi connectivity index (χ0v) is 11.9. The zero-order valence-electron chi connectivity index (χ0n) is 11.0. The summed E-state index contributed by atoms with van der Waals surface area (Å²) >= 11 is 1.15. The molecule has 0 bridgehead atoms. The Morgan fingerprint density at radius 3 is 2.76 bits per heavy atom. The highest BCUT2D eigenvalue weighted by Crippen LogP contribution is 2.37. The molecule has 0 unspecified atom stereocenters. The number of carbonyl (C=O) groups excluding carboxylic acids is 2. The Labute approximate surface area is 124 Å². The van der Waals surface area contributed by atoms with Gasteiger partial charge in [-0.1, -0.05) is 0 Å². The topological polar surface area (TPSA) is 125 Å². The van der Waals surface area contributed by atoms with E-state index in [0.717, 1.165) is 11.3 Å². The van der Waals surface area contributed by atoms with Crippen molar-refractivity contribution < 1.29 is 19.8 Å². The molecule has 1 aromatic carbocycles. The van der Waals surface area contributed by atoms with E-state index in [-0.39, 0.29) is 17.9 Å². The first-order chi connectivity index (χ1) is 10.0. The predicted molar refractivity (Wildman–Crippen MR) is 80.7 cm³/mol. The minimum absolute atomic E-state index is 0.0189. The molecule has 0 aliphatic rings. The van der Waals surface area contributed by atoms with E-state index in [1.54, 1.807) is 6.07 Å². The second kappa shape index (κ2) is 6.42. The van der Waals surface area contributed by atoms with Crippen molar-refractivity contribution in [2.75, 3.05) is 18.5 Å². The maximum Gasteiger partial charge on any atom is 0.319 e. The highest BCUT2D eigenvalue weighted by molar-refractivity contribution is 7.23. The van der Waals surface area contributed by atoms with Crippen LogP contribution in [0.1, 0.15) is 16.8 Å². The highest BCUT2D eigenvalue weighted by atomic mass is 32.1. The van der Waals surface area contributed by atoms with Gasteiger partial charge in [-0.25, -0.2) is 4.79 Å². The molecule has 2 rings (SSSR count). The van der Waals surface area contributed by atoms with Gasteiger partial charge in [0, 0.05) is 23.2 Å². The van der Waals surface area contributed by atoms with Crippen LogP contribution < -0.4 is 16.4 Å². The standard InChI is InChI=1S/C13H15N3O4S/c14-11(19)10-8-3-2-7(18)6-9(8)21-12(10)16-13(20)15-4-1-5-17/h2-3,6,17-18H,1,4-5H2,(H2,14,19)(H2,15,16,20). The molecule has 7 nitrogen and oxygen atoms in total. The van der Waals surface area contributed by atoms with Gasteiger partial charge in [0.25, 0.3) is 5.91 Å². The number of hydrogen-bond donors (Lipinski definition) is 5. The van der Waals surface area contributed by atoms with E-state index in [4.69, 9.17) is 10.8 Å². The van der Waals surface area contributed by atoms with Crippen LogP contribution in [0.4, 0.5) is 9.80 Å². The SMILES string of the molecule is NC(=O)c1c(NC(=O)NCCCO)sc2cc(O)ccc12. The lowest BCUT2D eigenvalue weighted by molar-refractivity contribution is 0.100. The Morgan fingerprint density at radius 1 is 1.33 bits per heavy atom. The fourth-order valence-corrected chi connectivity index (χ4v) is 2.98. The molecule has 2 aromatic rings. The van der Waals surface area contributed by atoms with Crippen LogP contribution in [0, 0.1) is 0 Å². The van der Waals surface area contributed by atoms with E-state index in [1.807, 2.05) is 0 Å².